The van der Waals surface area contributed by atoms with Crippen LogP contribution < -0.4 is 5.32 Å². The first-order valence-corrected chi connectivity index (χ1v) is 6.64. The molecule has 0 bridgehead atoms. The van der Waals surface area contributed by atoms with Gasteiger partial charge in [-0.1, -0.05) is 36.4 Å². The molecule has 2 aromatic rings. The standard InChI is InChI=1S/C17H16N2/c18-10-13-5-7-14(8-6-13)11-19-12-16-9-15-3-1-2-4-17(15)16/h1-8,16,19H,9,11-12H2. The molecule has 1 aliphatic rings. The summed E-state index contributed by atoms with van der Waals surface area (Å²) in [6, 6.07) is 18.6. The summed E-state index contributed by atoms with van der Waals surface area (Å²) in [6.45, 7) is 1.89. The van der Waals surface area contributed by atoms with Gasteiger partial charge in [0.2, 0.25) is 0 Å². The Morgan fingerprint density at radius 2 is 1.89 bits per heavy atom. The van der Waals surface area contributed by atoms with Gasteiger partial charge in [-0.3, -0.25) is 0 Å². The summed E-state index contributed by atoms with van der Waals surface area (Å²) in [4.78, 5) is 0. The van der Waals surface area contributed by atoms with Crippen LogP contribution in [0.4, 0.5) is 0 Å². The summed E-state index contributed by atoms with van der Waals surface area (Å²) in [5.74, 6) is 0.662. The lowest BCUT2D eigenvalue weighted by Crippen LogP contribution is -2.28. The van der Waals surface area contributed by atoms with Crippen LogP contribution >= 0.6 is 0 Å². The number of benzene rings is 2. The van der Waals surface area contributed by atoms with E-state index in [-0.39, 0.29) is 0 Å². The van der Waals surface area contributed by atoms with E-state index in [1.807, 2.05) is 24.3 Å². The van der Waals surface area contributed by atoms with E-state index >= 15 is 0 Å². The number of hydrogen-bond acceptors (Lipinski definition) is 2. The van der Waals surface area contributed by atoms with E-state index in [9.17, 15) is 0 Å². The number of nitriles is 1. The molecule has 0 spiro atoms. The molecule has 1 aliphatic carbocycles. The van der Waals surface area contributed by atoms with Crippen LogP contribution in [0.25, 0.3) is 0 Å². The van der Waals surface area contributed by atoms with Crippen molar-refractivity contribution in [2.45, 2.75) is 18.9 Å². The van der Waals surface area contributed by atoms with Gasteiger partial charge in [0.1, 0.15) is 0 Å². The van der Waals surface area contributed by atoms with E-state index in [4.69, 9.17) is 5.26 Å². The van der Waals surface area contributed by atoms with Crippen molar-refractivity contribution >= 4 is 0 Å². The molecule has 0 saturated heterocycles. The molecule has 0 fully saturated rings. The second-order valence-corrected chi connectivity index (χ2v) is 5.04. The van der Waals surface area contributed by atoms with Crippen LogP contribution in [-0.4, -0.2) is 6.54 Å². The predicted octanol–water partition coefficient (Wildman–Crippen LogP) is 2.99. The van der Waals surface area contributed by atoms with Crippen LogP contribution in [0.2, 0.25) is 0 Å². The van der Waals surface area contributed by atoms with Crippen molar-refractivity contribution in [2.75, 3.05) is 6.54 Å². The highest BCUT2D eigenvalue weighted by molar-refractivity contribution is 5.40. The summed E-state index contributed by atoms with van der Waals surface area (Å²) in [7, 11) is 0. The lowest BCUT2D eigenvalue weighted by atomic mass is 9.77. The fourth-order valence-corrected chi connectivity index (χ4v) is 2.63. The molecule has 94 valence electrons. The molecule has 0 aromatic heterocycles. The summed E-state index contributed by atoms with van der Waals surface area (Å²) < 4.78 is 0. The van der Waals surface area contributed by atoms with Crippen molar-refractivity contribution in [3.63, 3.8) is 0 Å². The largest absolute Gasteiger partial charge is 0.312 e. The number of hydrogen-bond donors (Lipinski definition) is 1. The second-order valence-electron chi connectivity index (χ2n) is 5.04. The highest BCUT2D eigenvalue weighted by atomic mass is 14.9. The Bertz CT molecular complexity index is 608. The highest BCUT2D eigenvalue weighted by Gasteiger charge is 2.24. The molecule has 0 heterocycles. The van der Waals surface area contributed by atoms with E-state index in [1.54, 1.807) is 0 Å². The van der Waals surface area contributed by atoms with Crippen molar-refractivity contribution in [3.8, 4) is 6.07 Å². The molecule has 2 heteroatoms. The van der Waals surface area contributed by atoms with E-state index in [0.29, 0.717) is 5.92 Å². The van der Waals surface area contributed by atoms with Crippen LogP contribution in [0.1, 0.15) is 28.2 Å². The Balaban J connectivity index is 1.51. The summed E-state index contributed by atoms with van der Waals surface area (Å²) in [6.07, 6.45) is 1.19. The third-order valence-electron chi connectivity index (χ3n) is 3.76. The van der Waals surface area contributed by atoms with Gasteiger partial charge in [0, 0.05) is 19.0 Å². The SMILES string of the molecule is N#Cc1ccc(CNCC2Cc3ccccc32)cc1. The molecule has 0 aliphatic heterocycles. The monoisotopic (exact) mass is 248 g/mol. The van der Waals surface area contributed by atoms with Gasteiger partial charge in [0.05, 0.1) is 11.6 Å². The minimum atomic E-state index is 0.662. The van der Waals surface area contributed by atoms with Crippen molar-refractivity contribution < 1.29 is 0 Å². The lowest BCUT2D eigenvalue weighted by molar-refractivity contribution is 0.536. The van der Waals surface area contributed by atoms with Crippen LogP contribution in [0.3, 0.4) is 0 Å². The number of nitrogens with zero attached hydrogens (tertiary/aromatic N) is 1. The molecular weight excluding hydrogens is 232 g/mol. The smallest absolute Gasteiger partial charge is 0.0991 e. The second kappa shape index (κ2) is 5.26. The van der Waals surface area contributed by atoms with Gasteiger partial charge >= 0.3 is 0 Å². The fraction of sp³-hybridized carbons (Fsp3) is 0.235. The topological polar surface area (TPSA) is 35.8 Å². The Morgan fingerprint density at radius 1 is 1.11 bits per heavy atom. The van der Waals surface area contributed by atoms with Gasteiger partial charge in [0.15, 0.2) is 0 Å². The molecule has 1 unspecified atom stereocenters. The van der Waals surface area contributed by atoms with Crippen LogP contribution in [0, 0.1) is 11.3 Å². The third-order valence-corrected chi connectivity index (χ3v) is 3.76. The summed E-state index contributed by atoms with van der Waals surface area (Å²) >= 11 is 0. The van der Waals surface area contributed by atoms with Crippen LogP contribution in [0.5, 0.6) is 0 Å². The maximum atomic E-state index is 8.74. The molecule has 19 heavy (non-hydrogen) atoms. The molecule has 0 amide bonds. The minimum Gasteiger partial charge on any atom is -0.312 e. The molecule has 2 nitrogen and oxygen atoms in total. The van der Waals surface area contributed by atoms with Crippen LogP contribution in [-0.2, 0) is 13.0 Å². The van der Waals surface area contributed by atoms with E-state index in [2.05, 4.69) is 35.7 Å². The average molecular weight is 248 g/mol. The first-order chi connectivity index (χ1) is 9.36. The quantitative estimate of drug-likeness (QED) is 0.903. The van der Waals surface area contributed by atoms with Crippen molar-refractivity contribution in [1.29, 1.82) is 5.26 Å². The van der Waals surface area contributed by atoms with E-state index < -0.39 is 0 Å². The van der Waals surface area contributed by atoms with Gasteiger partial charge in [-0.2, -0.15) is 5.26 Å². The van der Waals surface area contributed by atoms with Gasteiger partial charge in [0.25, 0.3) is 0 Å². The Labute approximate surface area is 113 Å². The van der Waals surface area contributed by atoms with E-state index in [0.717, 1.165) is 18.7 Å². The molecule has 1 N–H and O–H groups in total. The normalized spacial score (nSPS) is 16.3. The zero-order valence-corrected chi connectivity index (χ0v) is 10.8. The zero-order chi connectivity index (χ0) is 13.1. The molecular formula is C17H16N2. The number of rotatable bonds is 4. The summed E-state index contributed by atoms with van der Waals surface area (Å²) in [5, 5.41) is 12.2. The average Bonchev–Trinajstić information content (AvgIpc) is 2.44. The van der Waals surface area contributed by atoms with Gasteiger partial charge in [-0.05, 0) is 35.2 Å². The minimum absolute atomic E-state index is 0.662. The van der Waals surface area contributed by atoms with Gasteiger partial charge in [-0.25, -0.2) is 0 Å². The van der Waals surface area contributed by atoms with Crippen LogP contribution in [0.15, 0.2) is 48.5 Å². The Morgan fingerprint density at radius 3 is 2.63 bits per heavy atom. The molecule has 0 saturated carbocycles. The van der Waals surface area contributed by atoms with E-state index in [1.165, 1.54) is 23.1 Å². The Kier molecular flexibility index (Phi) is 3.31. The van der Waals surface area contributed by atoms with Gasteiger partial charge in [-0.15, -0.1) is 0 Å². The third kappa shape index (κ3) is 2.52. The lowest BCUT2D eigenvalue weighted by Gasteiger charge is -2.30. The maximum absolute atomic E-state index is 8.74. The molecule has 1 atom stereocenters. The molecule has 2 aromatic carbocycles. The van der Waals surface area contributed by atoms with Gasteiger partial charge < -0.3 is 5.32 Å². The fourth-order valence-electron chi connectivity index (χ4n) is 2.63. The first kappa shape index (κ1) is 12.0. The number of nitrogens with one attached hydrogen (secondary N) is 1. The first-order valence-electron chi connectivity index (χ1n) is 6.64. The predicted molar refractivity (Wildman–Crippen MR) is 75.8 cm³/mol. The number of fused-ring (bicyclic) bond motifs is 1. The molecule has 0 radical (unpaired) electrons. The molecule has 3 rings (SSSR count). The van der Waals surface area contributed by atoms with Crippen molar-refractivity contribution in [1.82, 2.24) is 5.32 Å². The highest BCUT2D eigenvalue weighted by Crippen LogP contribution is 2.33. The Hall–Kier alpha value is -2.11. The van der Waals surface area contributed by atoms with Crippen molar-refractivity contribution in [3.05, 3.63) is 70.8 Å². The summed E-state index contributed by atoms with van der Waals surface area (Å²) in [5.41, 5.74) is 4.94. The van der Waals surface area contributed by atoms with Crippen molar-refractivity contribution in [2.24, 2.45) is 0 Å². The maximum Gasteiger partial charge on any atom is 0.0991 e. The zero-order valence-electron chi connectivity index (χ0n) is 10.8.